The number of hydrogen-bond donors (Lipinski definition) is 0. The number of ketones is 1. The van der Waals surface area contributed by atoms with E-state index >= 15 is 0 Å². The molecule has 1 heteroatoms. The van der Waals surface area contributed by atoms with Gasteiger partial charge in [0.1, 0.15) is 5.78 Å². The molecule has 0 saturated carbocycles. The normalized spacial score (nSPS) is 11.4. The van der Waals surface area contributed by atoms with Gasteiger partial charge in [0.2, 0.25) is 0 Å². The van der Waals surface area contributed by atoms with Gasteiger partial charge in [-0.3, -0.25) is 4.79 Å². The molecule has 0 radical (unpaired) electrons. The second kappa shape index (κ2) is 32.7. The molecule has 0 saturated heterocycles. The number of unbranched alkanes of at least 4 members (excludes halogenated alkanes) is 28. The summed E-state index contributed by atoms with van der Waals surface area (Å²) in [5.74, 6) is 0.527. The Hall–Kier alpha value is -0.330. The van der Waals surface area contributed by atoms with Crippen LogP contribution in [0.25, 0.3) is 0 Å². The van der Waals surface area contributed by atoms with E-state index in [2.05, 4.69) is 13.8 Å². The first-order valence-corrected chi connectivity index (χ1v) is 17.3. The molecule has 36 heavy (non-hydrogen) atoms. The largest absolute Gasteiger partial charge is 0.300 e. The molecule has 0 rings (SSSR count). The number of Topliss-reactive ketones (excluding diaryl/α,β-unsaturated/α-hetero) is 1. The molecular formula is C35H70O. The SMILES string of the molecule is CCCCCCCCCCCCCCCCCCCC(=O)CCCCCCCCCCCCCCC. The third kappa shape index (κ3) is 31.7. The van der Waals surface area contributed by atoms with Gasteiger partial charge in [-0.1, -0.05) is 194 Å². The zero-order chi connectivity index (χ0) is 26.2. The van der Waals surface area contributed by atoms with E-state index in [9.17, 15) is 4.79 Å². The molecule has 0 aliphatic heterocycles. The fourth-order valence-electron chi connectivity index (χ4n) is 5.51. The van der Waals surface area contributed by atoms with Gasteiger partial charge in [0.05, 0.1) is 0 Å². The number of carbonyl (C=O) groups excluding carboxylic acids is 1. The molecule has 216 valence electrons. The van der Waals surface area contributed by atoms with Crippen LogP contribution in [0.2, 0.25) is 0 Å². The molecule has 0 aliphatic rings. The van der Waals surface area contributed by atoms with Crippen LogP contribution >= 0.6 is 0 Å². The summed E-state index contributed by atoms with van der Waals surface area (Å²) in [6, 6.07) is 0. The van der Waals surface area contributed by atoms with Crippen molar-refractivity contribution >= 4 is 5.78 Å². The van der Waals surface area contributed by atoms with Gasteiger partial charge in [-0.25, -0.2) is 0 Å². The summed E-state index contributed by atoms with van der Waals surface area (Å²) in [6.45, 7) is 4.59. The molecule has 0 aromatic rings. The van der Waals surface area contributed by atoms with Crippen LogP contribution < -0.4 is 0 Å². The number of carbonyl (C=O) groups is 1. The van der Waals surface area contributed by atoms with E-state index in [-0.39, 0.29) is 0 Å². The van der Waals surface area contributed by atoms with Gasteiger partial charge in [0.25, 0.3) is 0 Å². The van der Waals surface area contributed by atoms with Crippen LogP contribution in [0.15, 0.2) is 0 Å². The predicted molar refractivity (Wildman–Crippen MR) is 164 cm³/mol. The van der Waals surface area contributed by atoms with Crippen molar-refractivity contribution in [1.82, 2.24) is 0 Å². The summed E-state index contributed by atoms with van der Waals surface area (Å²) in [7, 11) is 0. The topological polar surface area (TPSA) is 17.1 Å². The summed E-state index contributed by atoms with van der Waals surface area (Å²) in [5, 5.41) is 0. The Morgan fingerprint density at radius 1 is 0.278 bits per heavy atom. The molecule has 0 N–H and O–H groups in total. The molecule has 0 amide bonds. The van der Waals surface area contributed by atoms with Crippen molar-refractivity contribution in [3.05, 3.63) is 0 Å². The van der Waals surface area contributed by atoms with Gasteiger partial charge in [-0.2, -0.15) is 0 Å². The predicted octanol–water partition coefficient (Wildman–Crippen LogP) is 13.1. The second-order valence-electron chi connectivity index (χ2n) is 11.9. The maximum absolute atomic E-state index is 12.1. The summed E-state index contributed by atoms with van der Waals surface area (Å²) in [5.41, 5.74) is 0. The monoisotopic (exact) mass is 507 g/mol. The lowest BCUT2D eigenvalue weighted by atomic mass is 10.0. The molecule has 0 atom stereocenters. The molecule has 0 unspecified atom stereocenters. The van der Waals surface area contributed by atoms with Crippen LogP contribution in [0.3, 0.4) is 0 Å². The summed E-state index contributed by atoms with van der Waals surface area (Å²) >= 11 is 0. The summed E-state index contributed by atoms with van der Waals surface area (Å²) in [6.07, 6.45) is 43.4. The van der Waals surface area contributed by atoms with Crippen LogP contribution in [-0.4, -0.2) is 5.78 Å². The van der Waals surface area contributed by atoms with Crippen LogP contribution in [-0.2, 0) is 4.79 Å². The second-order valence-corrected chi connectivity index (χ2v) is 11.9. The van der Waals surface area contributed by atoms with Crippen molar-refractivity contribution in [3.63, 3.8) is 0 Å². The fourth-order valence-corrected chi connectivity index (χ4v) is 5.51. The Bertz CT molecular complexity index is 401. The Labute approximate surface area is 229 Å². The van der Waals surface area contributed by atoms with Gasteiger partial charge in [-0.15, -0.1) is 0 Å². The molecule has 0 heterocycles. The van der Waals surface area contributed by atoms with Gasteiger partial charge >= 0.3 is 0 Å². The molecule has 0 spiro atoms. The molecule has 0 aliphatic carbocycles. The Morgan fingerprint density at radius 2 is 0.444 bits per heavy atom. The maximum Gasteiger partial charge on any atom is 0.132 e. The lowest BCUT2D eigenvalue weighted by Gasteiger charge is -2.04. The molecule has 0 fully saturated rings. The average Bonchev–Trinajstić information content (AvgIpc) is 2.88. The molecule has 1 nitrogen and oxygen atoms in total. The molecule has 0 aromatic carbocycles. The minimum atomic E-state index is 0.527. The van der Waals surface area contributed by atoms with E-state index in [4.69, 9.17) is 0 Å². The highest BCUT2D eigenvalue weighted by atomic mass is 16.1. The highest BCUT2D eigenvalue weighted by Gasteiger charge is 2.02. The van der Waals surface area contributed by atoms with E-state index in [0.717, 1.165) is 25.7 Å². The third-order valence-electron chi connectivity index (χ3n) is 8.12. The van der Waals surface area contributed by atoms with Gasteiger partial charge in [0.15, 0.2) is 0 Å². The van der Waals surface area contributed by atoms with Crippen LogP contribution in [0, 0.1) is 0 Å². The Balaban J connectivity index is 3.13. The Morgan fingerprint density at radius 3 is 0.639 bits per heavy atom. The summed E-state index contributed by atoms with van der Waals surface area (Å²) in [4.78, 5) is 12.1. The number of hydrogen-bond acceptors (Lipinski definition) is 1. The van der Waals surface area contributed by atoms with Crippen LogP contribution in [0.1, 0.15) is 219 Å². The summed E-state index contributed by atoms with van der Waals surface area (Å²) < 4.78 is 0. The highest BCUT2D eigenvalue weighted by molar-refractivity contribution is 5.78. The smallest absolute Gasteiger partial charge is 0.132 e. The quantitative estimate of drug-likeness (QED) is 0.0829. The minimum absolute atomic E-state index is 0.527. The first-order valence-electron chi connectivity index (χ1n) is 17.3. The average molecular weight is 507 g/mol. The fraction of sp³-hybridized carbons (Fsp3) is 0.971. The van der Waals surface area contributed by atoms with Gasteiger partial charge in [-0.05, 0) is 12.8 Å². The van der Waals surface area contributed by atoms with Crippen molar-refractivity contribution < 1.29 is 4.79 Å². The molecule has 0 bridgehead atoms. The van der Waals surface area contributed by atoms with E-state index in [1.165, 1.54) is 180 Å². The maximum atomic E-state index is 12.1. The zero-order valence-electron chi connectivity index (χ0n) is 25.5. The molecule has 0 aromatic heterocycles. The standard InChI is InChI=1S/C35H70O/c1-3-5-7-9-11-13-15-17-18-19-20-22-24-26-28-30-32-34-35(36)33-31-29-27-25-23-21-16-14-12-10-8-6-4-2/h3-34H2,1-2H3. The lowest BCUT2D eigenvalue weighted by molar-refractivity contribution is -0.119. The van der Waals surface area contributed by atoms with E-state index < -0.39 is 0 Å². The highest BCUT2D eigenvalue weighted by Crippen LogP contribution is 2.16. The number of rotatable bonds is 32. The van der Waals surface area contributed by atoms with Crippen LogP contribution in [0.5, 0.6) is 0 Å². The van der Waals surface area contributed by atoms with Crippen molar-refractivity contribution in [2.75, 3.05) is 0 Å². The molecular weight excluding hydrogens is 436 g/mol. The zero-order valence-corrected chi connectivity index (χ0v) is 25.5. The van der Waals surface area contributed by atoms with Crippen molar-refractivity contribution in [2.45, 2.75) is 219 Å². The van der Waals surface area contributed by atoms with Crippen LogP contribution in [0.4, 0.5) is 0 Å². The minimum Gasteiger partial charge on any atom is -0.300 e. The van der Waals surface area contributed by atoms with E-state index in [0.29, 0.717) is 5.78 Å². The van der Waals surface area contributed by atoms with Gasteiger partial charge in [0, 0.05) is 12.8 Å². The van der Waals surface area contributed by atoms with E-state index in [1.807, 2.05) is 0 Å². The van der Waals surface area contributed by atoms with E-state index in [1.54, 1.807) is 0 Å². The first kappa shape index (κ1) is 35.7. The van der Waals surface area contributed by atoms with Crippen molar-refractivity contribution in [1.29, 1.82) is 0 Å². The lowest BCUT2D eigenvalue weighted by Crippen LogP contribution is -1.97. The van der Waals surface area contributed by atoms with Crippen molar-refractivity contribution in [3.8, 4) is 0 Å². The Kier molecular flexibility index (Phi) is 32.4. The van der Waals surface area contributed by atoms with Gasteiger partial charge < -0.3 is 0 Å². The third-order valence-corrected chi connectivity index (χ3v) is 8.12. The first-order chi connectivity index (χ1) is 17.8. The van der Waals surface area contributed by atoms with Crippen molar-refractivity contribution in [2.24, 2.45) is 0 Å².